The highest BCUT2D eigenvalue weighted by Crippen LogP contribution is 2.31. The Kier molecular flexibility index (Phi) is 4.09. The highest BCUT2D eigenvalue weighted by molar-refractivity contribution is 9.10. The van der Waals surface area contributed by atoms with Gasteiger partial charge in [-0.3, -0.25) is 0 Å². The number of para-hydroxylation sites is 1. The zero-order valence-corrected chi connectivity index (χ0v) is 14.5. The first-order valence-corrected chi connectivity index (χ1v) is 8.56. The van der Waals surface area contributed by atoms with Crippen molar-refractivity contribution in [3.8, 4) is 0 Å². The summed E-state index contributed by atoms with van der Waals surface area (Å²) < 4.78 is 3.20. The standard InChI is InChI=1S/C14H11BrCl2N2S/c1-8(16)14-18-12-4-2-3-11(17)13(12)19(14)6-10-5-9(15)7-20-10/h2-5,7-8H,6H2,1H3. The first-order valence-electron chi connectivity index (χ1n) is 6.08. The van der Waals surface area contributed by atoms with Gasteiger partial charge in [0.2, 0.25) is 0 Å². The Balaban J connectivity index is 2.18. The molecule has 2 heterocycles. The van der Waals surface area contributed by atoms with Gasteiger partial charge in [0.25, 0.3) is 0 Å². The maximum absolute atomic E-state index is 6.34. The van der Waals surface area contributed by atoms with Crippen molar-refractivity contribution >= 4 is 61.5 Å². The number of aromatic nitrogens is 2. The number of fused-ring (bicyclic) bond motifs is 1. The van der Waals surface area contributed by atoms with Crippen molar-refractivity contribution in [2.75, 3.05) is 0 Å². The number of hydrogen-bond acceptors (Lipinski definition) is 2. The predicted molar refractivity (Wildman–Crippen MR) is 90.1 cm³/mol. The fraction of sp³-hybridized carbons (Fsp3) is 0.214. The lowest BCUT2D eigenvalue weighted by Crippen LogP contribution is -2.05. The third-order valence-corrected chi connectivity index (χ3v) is 5.22. The molecule has 0 aliphatic carbocycles. The summed E-state index contributed by atoms with van der Waals surface area (Å²) in [4.78, 5) is 5.85. The Bertz CT molecular complexity index is 764. The summed E-state index contributed by atoms with van der Waals surface area (Å²) in [6.07, 6.45) is 0. The van der Waals surface area contributed by atoms with Crippen LogP contribution in [-0.2, 0) is 6.54 Å². The van der Waals surface area contributed by atoms with Crippen molar-refractivity contribution in [3.05, 3.63) is 49.8 Å². The lowest BCUT2D eigenvalue weighted by molar-refractivity contribution is 0.750. The van der Waals surface area contributed by atoms with Crippen LogP contribution in [0.4, 0.5) is 0 Å². The van der Waals surface area contributed by atoms with Gasteiger partial charge in [-0.15, -0.1) is 22.9 Å². The Morgan fingerprint density at radius 3 is 2.90 bits per heavy atom. The van der Waals surface area contributed by atoms with Gasteiger partial charge in [-0.1, -0.05) is 17.7 Å². The van der Waals surface area contributed by atoms with Gasteiger partial charge in [-0.2, -0.15) is 0 Å². The Labute approximate surface area is 139 Å². The van der Waals surface area contributed by atoms with Crippen LogP contribution in [0.15, 0.2) is 34.1 Å². The maximum Gasteiger partial charge on any atom is 0.128 e. The maximum atomic E-state index is 6.34. The van der Waals surface area contributed by atoms with E-state index < -0.39 is 0 Å². The third kappa shape index (κ3) is 2.62. The Morgan fingerprint density at radius 2 is 2.25 bits per heavy atom. The molecule has 2 aromatic heterocycles. The van der Waals surface area contributed by atoms with E-state index in [9.17, 15) is 0 Å². The van der Waals surface area contributed by atoms with Gasteiger partial charge in [0.05, 0.1) is 28.0 Å². The van der Waals surface area contributed by atoms with Gasteiger partial charge < -0.3 is 4.57 Å². The molecule has 0 fully saturated rings. The highest BCUT2D eigenvalue weighted by Gasteiger charge is 2.17. The molecule has 1 atom stereocenters. The van der Waals surface area contributed by atoms with Crippen molar-refractivity contribution < 1.29 is 0 Å². The molecule has 0 radical (unpaired) electrons. The van der Waals surface area contributed by atoms with Crippen molar-refractivity contribution in [2.24, 2.45) is 0 Å². The fourth-order valence-electron chi connectivity index (χ4n) is 2.22. The van der Waals surface area contributed by atoms with Gasteiger partial charge in [-0.25, -0.2) is 4.98 Å². The molecule has 1 aromatic carbocycles. The molecule has 3 rings (SSSR count). The number of halogens is 3. The van der Waals surface area contributed by atoms with Crippen LogP contribution in [0.3, 0.4) is 0 Å². The molecule has 0 spiro atoms. The highest BCUT2D eigenvalue weighted by atomic mass is 79.9. The third-order valence-electron chi connectivity index (χ3n) is 3.04. The number of benzene rings is 1. The SMILES string of the molecule is CC(Cl)c1nc2cccc(Cl)c2n1Cc1cc(Br)cs1. The smallest absolute Gasteiger partial charge is 0.128 e. The molecule has 0 aliphatic heterocycles. The molecule has 6 heteroatoms. The van der Waals surface area contributed by atoms with E-state index in [2.05, 4.69) is 36.9 Å². The second kappa shape index (κ2) is 5.68. The number of hydrogen-bond donors (Lipinski definition) is 0. The van der Waals surface area contributed by atoms with Gasteiger partial charge >= 0.3 is 0 Å². The van der Waals surface area contributed by atoms with Crippen molar-refractivity contribution in [3.63, 3.8) is 0 Å². The minimum absolute atomic E-state index is 0.165. The largest absolute Gasteiger partial charge is 0.320 e. The summed E-state index contributed by atoms with van der Waals surface area (Å²) in [5, 5.41) is 2.61. The van der Waals surface area contributed by atoms with Crippen LogP contribution in [0.1, 0.15) is 23.0 Å². The summed E-state index contributed by atoms with van der Waals surface area (Å²) in [7, 11) is 0. The van der Waals surface area contributed by atoms with Crippen LogP contribution < -0.4 is 0 Å². The van der Waals surface area contributed by atoms with Crippen LogP contribution in [0.5, 0.6) is 0 Å². The number of nitrogens with zero attached hydrogens (tertiary/aromatic N) is 2. The summed E-state index contributed by atoms with van der Waals surface area (Å²) in [6, 6.07) is 7.86. The van der Waals surface area contributed by atoms with Crippen LogP contribution in [0.25, 0.3) is 11.0 Å². The van der Waals surface area contributed by atoms with E-state index in [4.69, 9.17) is 23.2 Å². The molecule has 104 valence electrons. The summed E-state index contributed by atoms with van der Waals surface area (Å²) in [5.74, 6) is 0.847. The molecule has 0 saturated heterocycles. The molecule has 0 amide bonds. The number of rotatable bonds is 3. The summed E-state index contributed by atoms with van der Waals surface area (Å²) in [5.41, 5.74) is 1.83. The Morgan fingerprint density at radius 1 is 1.45 bits per heavy atom. The van der Waals surface area contributed by atoms with E-state index in [1.165, 1.54) is 4.88 Å². The molecule has 3 aromatic rings. The topological polar surface area (TPSA) is 17.8 Å². The summed E-state index contributed by atoms with van der Waals surface area (Å²) >= 11 is 17.8. The molecule has 0 aliphatic rings. The van der Waals surface area contributed by atoms with Gasteiger partial charge in [0, 0.05) is 14.7 Å². The molecule has 1 unspecified atom stereocenters. The fourth-order valence-corrected chi connectivity index (χ4v) is 4.09. The normalized spacial score (nSPS) is 13.0. The van der Waals surface area contributed by atoms with Crippen LogP contribution in [0.2, 0.25) is 5.02 Å². The minimum atomic E-state index is -0.165. The molecule has 0 saturated carbocycles. The first-order chi connectivity index (χ1) is 9.56. The lowest BCUT2D eigenvalue weighted by atomic mass is 10.3. The average Bonchev–Trinajstić information content (AvgIpc) is 2.95. The van der Waals surface area contributed by atoms with Crippen molar-refractivity contribution in [2.45, 2.75) is 18.8 Å². The molecular weight excluding hydrogens is 379 g/mol. The van der Waals surface area contributed by atoms with Gasteiger partial charge in [-0.05, 0) is 41.1 Å². The van der Waals surface area contributed by atoms with E-state index in [0.717, 1.165) is 27.9 Å². The number of alkyl halides is 1. The second-order valence-electron chi connectivity index (χ2n) is 4.51. The molecule has 0 bridgehead atoms. The van der Waals surface area contributed by atoms with Crippen LogP contribution in [0, 0.1) is 0 Å². The van der Waals surface area contributed by atoms with E-state index in [0.29, 0.717) is 5.02 Å². The predicted octanol–water partition coefficient (Wildman–Crippen LogP) is 5.86. The van der Waals surface area contributed by atoms with Crippen LogP contribution in [-0.4, -0.2) is 9.55 Å². The summed E-state index contributed by atoms with van der Waals surface area (Å²) in [6.45, 7) is 2.65. The molecule has 20 heavy (non-hydrogen) atoms. The Hall–Kier alpha value is -0.550. The zero-order chi connectivity index (χ0) is 14.3. The van der Waals surface area contributed by atoms with E-state index in [1.54, 1.807) is 11.3 Å². The van der Waals surface area contributed by atoms with Gasteiger partial charge in [0.1, 0.15) is 5.82 Å². The van der Waals surface area contributed by atoms with E-state index in [-0.39, 0.29) is 5.38 Å². The van der Waals surface area contributed by atoms with E-state index in [1.807, 2.05) is 25.1 Å². The zero-order valence-electron chi connectivity index (χ0n) is 10.6. The second-order valence-corrected chi connectivity index (χ2v) is 7.48. The first kappa shape index (κ1) is 14.4. The molecular formula is C14H11BrCl2N2S. The molecule has 0 N–H and O–H groups in total. The molecule has 2 nitrogen and oxygen atoms in total. The van der Waals surface area contributed by atoms with Crippen molar-refractivity contribution in [1.82, 2.24) is 9.55 Å². The lowest BCUT2D eigenvalue weighted by Gasteiger charge is -2.10. The number of thiophene rings is 1. The number of imidazole rings is 1. The van der Waals surface area contributed by atoms with Crippen molar-refractivity contribution in [1.29, 1.82) is 0 Å². The minimum Gasteiger partial charge on any atom is -0.320 e. The average molecular weight is 390 g/mol. The van der Waals surface area contributed by atoms with E-state index >= 15 is 0 Å². The van der Waals surface area contributed by atoms with Gasteiger partial charge in [0.15, 0.2) is 0 Å². The monoisotopic (exact) mass is 388 g/mol. The quantitative estimate of drug-likeness (QED) is 0.512. The van der Waals surface area contributed by atoms with Crippen LogP contribution >= 0.6 is 50.5 Å².